The maximum atomic E-state index is 11.5. The second-order valence-electron chi connectivity index (χ2n) is 14.2. The van der Waals surface area contributed by atoms with E-state index in [2.05, 4.69) is 67.3 Å². The van der Waals surface area contributed by atoms with Crippen molar-refractivity contribution in [1.29, 1.82) is 5.26 Å². The van der Waals surface area contributed by atoms with Gasteiger partial charge in [-0.15, -0.1) is 0 Å². The zero-order valence-corrected chi connectivity index (χ0v) is 34.0. The second kappa shape index (κ2) is 14.6. The molecule has 6 aromatic rings. The molecular formula is C42H36N6O2S3Se. The summed E-state index contributed by atoms with van der Waals surface area (Å²) in [6, 6.07) is 24.4. The van der Waals surface area contributed by atoms with Crippen LogP contribution in [-0.2, 0) is 22.6 Å². The van der Waals surface area contributed by atoms with Crippen LogP contribution >= 0.6 is 22.7 Å². The molecule has 0 bridgehead atoms. The Morgan fingerprint density at radius 3 is 2.54 bits per heavy atom. The molecule has 9 rings (SSSR count). The van der Waals surface area contributed by atoms with Crippen LogP contribution < -0.4 is 4.90 Å². The van der Waals surface area contributed by atoms with Gasteiger partial charge in [0.25, 0.3) is 0 Å². The monoisotopic (exact) mass is 832 g/mol. The molecule has 270 valence electrons. The number of hydrogen-bond acceptors (Lipinski definition) is 9. The van der Waals surface area contributed by atoms with Crippen molar-refractivity contribution in [1.82, 2.24) is 7.96 Å². The van der Waals surface area contributed by atoms with Crippen LogP contribution in [0, 0.1) is 18.3 Å². The molecule has 12 heteroatoms. The van der Waals surface area contributed by atoms with Crippen LogP contribution in [0.5, 0.6) is 0 Å². The van der Waals surface area contributed by atoms with Gasteiger partial charge in [0.2, 0.25) is 0 Å². The van der Waals surface area contributed by atoms with Crippen LogP contribution in [0.15, 0.2) is 75.0 Å². The summed E-state index contributed by atoms with van der Waals surface area (Å²) in [4.78, 5) is 18.2. The Morgan fingerprint density at radius 2 is 1.76 bits per heavy atom. The number of aliphatic carboxylic acids is 1. The third kappa shape index (κ3) is 6.12. The number of unbranched alkanes of at least 4 members (excludes halogenated alkanes) is 3. The quantitative estimate of drug-likeness (QED) is 0.0601. The molecule has 0 spiro atoms. The van der Waals surface area contributed by atoms with Gasteiger partial charge in [-0.2, -0.15) is 5.26 Å². The van der Waals surface area contributed by atoms with Crippen LogP contribution in [0.1, 0.15) is 79.4 Å². The number of hydrogen-bond donors (Lipinski definition) is 1. The van der Waals surface area contributed by atoms with E-state index < -0.39 is 5.97 Å². The molecule has 54 heavy (non-hydrogen) atoms. The van der Waals surface area contributed by atoms with E-state index in [9.17, 15) is 15.2 Å². The van der Waals surface area contributed by atoms with Crippen LogP contribution in [0.4, 0.5) is 22.7 Å². The van der Waals surface area contributed by atoms with Gasteiger partial charge >= 0.3 is 312 Å². The molecule has 0 amide bonds. The average Bonchev–Trinajstić information content (AvgIpc) is 4.03. The molecule has 0 radical (unpaired) electrons. The number of rotatable bonds is 11. The zero-order valence-electron chi connectivity index (χ0n) is 29.8. The van der Waals surface area contributed by atoms with Gasteiger partial charge in [0.05, 0.1) is 0 Å². The van der Waals surface area contributed by atoms with Gasteiger partial charge < -0.3 is 5.11 Å². The summed E-state index contributed by atoms with van der Waals surface area (Å²) in [5.41, 5.74) is 13.0. The van der Waals surface area contributed by atoms with Crippen molar-refractivity contribution in [3.8, 4) is 37.4 Å². The Bertz CT molecular complexity index is 2610. The van der Waals surface area contributed by atoms with Crippen LogP contribution in [-0.4, -0.2) is 40.0 Å². The Balaban J connectivity index is 1.15. The fourth-order valence-electron chi connectivity index (χ4n) is 8.34. The molecule has 3 aliphatic rings. The Labute approximate surface area is 331 Å². The fourth-order valence-corrected chi connectivity index (χ4v) is 12.4. The average molecular weight is 832 g/mol. The topological polar surface area (TPSA) is 115 Å². The first-order valence-corrected chi connectivity index (χ1v) is 22.3. The van der Waals surface area contributed by atoms with E-state index >= 15 is 0 Å². The van der Waals surface area contributed by atoms with E-state index in [0.29, 0.717) is 12.0 Å². The SMILES string of the molecule is CCCCCCc1cc(-c2c3c(c(-c4ccc5c(c4)C4CCCC4N5c4ccc(C)cc4)c4n[se]nc24)N=S=N3)sc1-c1ccc(/C=C(\C#N)C(=O)O)s1. The van der Waals surface area contributed by atoms with E-state index in [0.717, 1.165) is 77.9 Å². The summed E-state index contributed by atoms with van der Waals surface area (Å²) in [5, 5.41) is 18.8. The molecule has 1 saturated carbocycles. The summed E-state index contributed by atoms with van der Waals surface area (Å²) in [7, 11) is 0. The fraction of sp³-hybridized carbons (Fsp3) is 0.286. The number of carboxylic acids is 1. The predicted octanol–water partition coefficient (Wildman–Crippen LogP) is 11.7. The molecule has 0 saturated heterocycles. The van der Waals surface area contributed by atoms with Crippen molar-refractivity contribution in [2.75, 3.05) is 4.90 Å². The van der Waals surface area contributed by atoms with E-state index in [1.54, 1.807) is 17.4 Å². The number of thiophene rings is 2. The van der Waals surface area contributed by atoms with Crippen molar-refractivity contribution < 1.29 is 9.90 Å². The van der Waals surface area contributed by atoms with Crippen LogP contribution in [0.3, 0.4) is 0 Å². The number of nitrogens with zero attached hydrogens (tertiary/aromatic N) is 6. The number of anilines is 2. The molecule has 2 unspecified atom stereocenters. The summed E-state index contributed by atoms with van der Waals surface area (Å²) in [5.74, 6) is -0.726. The molecule has 8 nitrogen and oxygen atoms in total. The minimum absolute atomic E-state index is 0.272. The molecular weight excluding hydrogens is 796 g/mol. The van der Waals surface area contributed by atoms with Gasteiger partial charge in [-0.25, -0.2) is 4.79 Å². The Kier molecular flexibility index (Phi) is 9.54. The first-order valence-electron chi connectivity index (χ1n) is 18.4. The summed E-state index contributed by atoms with van der Waals surface area (Å²) >= 11 is 4.21. The third-order valence-corrected chi connectivity index (χ3v) is 14.9. The van der Waals surface area contributed by atoms with E-state index in [4.69, 9.17) is 16.7 Å². The van der Waals surface area contributed by atoms with Crippen LogP contribution in [0.2, 0.25) is 0 Å². The van der Waals surface area contributed by atoms with E-state index in [1.807, 2.05) is 12.1 Å². The van der Waals surface area contributed by atoms with Crippen molar-refractivity contribution in [2.45, 2.75) is 77.2 Å². The number of aryl methyl sites for hydroxylation is 2. The number of aromatic nitrogens is 2. The second-order valence-corrected chi connectivity index (χ2v) is 18.0. The Morgan fingerprint density at radius 1 is 0.963 bits per heavy atom. The van der Waals surface area contributed by atoms with Gasteiger partial charge in [-0.1, -0.05) is 0 Å². The number of carbonyl (C=O) groups is 1. The summed E-state index contributed by atoms with van der Waals surface area (Å²) in [6.07, 6.45) is 10.6. The first kappa shape index (κ1) is 35.2. The van der Waals surface area contributed by atoms with Gasteiger partial charge in [-0.3, -0.25) is 0 Å². The van der Waals surface area contributed by atoms with Crippen molar-refractivity contribution in [2.24, 2.45) is 8.73 Å². The number of benzene rings is 3. The van der Waals surface area contributed by atoms with Crippen molar-refractivity contribution >= 4 is 94.8 Å². The van der Waals surface area contributed by atoms with Gasteiger partial charge in [-0.05, 0) is 6.92 Å². The molecule has 2 aliphatic heterocycles. The standard InChI is InChI=1S/C42H36N6O2S3Se/c1-3-4-5-6-8-25-21-34(52-41(25)33-18-16-28(51-33)19-26(22-43)42(49)50)36-38-37(44-53-45-38)35(39-40(36)47-54-46-39)24-13-17-32-30(20-24)29-9-7-10-31(29)48(32)27-14-11-23(2)12-15-27/h11-21,29,31H,3-10H2,1-2H3,(H,49,50)/b26-19+. The molecule has 3 aromatic carbocycles. The van der Waals surface area contributed by atoms with Gasteiger partial charge in [0.15, 0.2) is 0 Å². The first-order chi connectivity index (χ1) is 26.4. The number of carboxylic acid groups (broad SMARTS) is 1. The summed E-state index contributed by atoms with van der Waals surface area (Å²) < 4.78 is 20.1. The predicted molar refractivity (Wildman–Crippen MR) is 223 cm³/mol. The van der Waals surface area contributed by atoms with Gasteiger partial charge in [0.1, 0.15) is 0 Å². The van der Waals surface area contributed by atoms with E-state index in [1.165, 1.54) is 88.9 Å². The minimum atomic E-state index is -1.22. The van der Waals surface area contributed by atoms with E-state index in [-0.39, 0.29) is 20.5 Å². The molecule has 2 atom stereocenters. The molecule has 3 aromatic heterocycles. The van der Waals surface area contributed by atoms with Crippen LogP contribution in [0.25, 0.3) is 48.4 Å². The summed E-state index contributed by atoms with van der Waals surface area (Å²) in [6.45, 7) is 4.37. The third-order valence-electron chi connectivity index (χ3n) is 10.9. The maximum absolute atomic E-state index is 11.5. The van der Waals surface area contributed by atoms with Crippen molar-refractivity contribution in [3.05, 3.63) is 87.8 Å². The molecule has 5 heterocycles. The normalized spacial score (nSPS) is 17.1. The number of fused-ring (bicyclic) bond motifs is 5. The number of nitriles is 1. The Hall–Kier alpha value is -4.50. The molecule has 1 fully saturated rings. The van der Waals surface area contributed by atoms with Crippen molar-refractivity contribution in [3.63, 3.8) is 0 Å². The molecule has 1 N–H and O–H groups in total. The van der Waals surface area contributed by atoms with Gasteiger partial charge in [0, 0.05) is 0 Å². The zero-order chi connectivity index (χ0) is 36.9. The molecule has 1 aliphatic carbocycles.